The van der Waals surface area contributed by atoms with E-state index in [9.17, 15) is 9.59 Å². The van der Waals surface area contributed by atoms with Gasteiger partial charge < -0.3 is 5.32 Å². The molecule has 0 radical (unpaired) electrons. The average Bonchev–Trinajstić information content (AvgIpc) is 2.97. The molecule has 0 fully saturated rings. The maximum absolute atomic E-state index is 11.8. The third kappa shape index (κ3) is 4.56. The first-order valence-electron chi connectivity index (χ1n) is 6.11. The minimum absolute atomic E-state index is 0.330. The highest BCUT2D eigenvalue weighted by atomic mass is 35.5. The van der Waals surface area contributed by atoms with E-state index in [0.29, 0.717) is 21.4 Å². The van der Waals surface area contributed by atoms with Crippen molar-refractivity contribution >= 4 is 57.8 Å². The second-order valence-corrected chi connectivity index (χ2v) is 6.05. The molecule has 0 saturated carbocycles. The molecule has 1 aromatic carbocycles. The summed E-state index contributed by atoms with van der Waals surface area (Å²) in [5.41, 5.74) is 3.14. The Morgan fingerprint density at radius 3 is 2.41 bits per heavy atom. The Morgan fingerprint density at radius 2 is 1.82 bits per heavy atom. The van der Waals surface area contributed by atoms with Crippen molar-refractivity contribution in [1.29, 1.82) is 0 Å². The molecular weight excluding hydrogens is 345 g/mol. The number of carbonyl (C=O) groups is 2. The van der Waals surface area contributed by atoms with Gasteiger partial charge in [-0.3, -0.25) is 9.59 Å². The summed E-state index contributed by atoms with van der Waals surface area (Å²) >= 11 is 13.1. The van der Waals surface area contributed by atoms with E-state index in [2.05, 4.69) is 15.8 Å². The van der Waals surface area contributed by atoms with Crippen molar-refractivity contribution in [3.8, 4) is 0 Å². The SMILES string of the molecule is CC(=NNC(=O)C(=O)Nc1cc(Cl)cc(Cl)c1)c1cccs1. The van der Waals surface area contributed by atoms with Gasteiger partial charge in [-0.15, -0.1) is 11.3 Å². The Kier molecular flexibility index (Phi) is 5.54. The molecular formula is C14H11Cl2N3O2S. The summed E-state index contributed by atoms with van der Waals surface area (Å²) < 4.78 is 0. The van der Waals surface area contributed by atoms with Crippen LogP contribution < -0.4 is 10.7 Å². The molecule has 1 heterocycles. The van der Waals surface area contributed by atoms with Crippen LogP contribution in [0, 0.1) is 0 Å². The highest BCUT2D eigenvalue weighted by molar-refractivity contribution is 7.12. The molecule has 8 heteroatoms. The van der Waals surface area contributed by atoms with Crippen molar-refractivity contribution in [3.63, 3.8) is 0 Å². The van der Waals surface area contributed by atoms with Gasteiger partial charge in [-0.05, 0) is 36.6 Å². The van der Waals surface area contributed by atoms with Crippen LogP contribution in [0.3, 0.4) is 0 Å². The number of anilines is 1. The number of halogens is 2. The van der Waals surface area contributed by atoms with Crippen molar-refractivity contribution in [2.24, 2.45) is 5.10 Å². The molecule has 0 aliphatic rings. The first-order chi connectivity index (χ1) is 10.5. The van der Waals surface area contributed by atoms with Gasteiger partial charge >= 0.3 is 11.8 Å². The van der Waals surface area contributed by atoms with Crippen LogP contribution in [-0.2, 0) is 9.59 Å². The topological polar surface area (TPSA) is 70.6 Å². The molecule has 0 spiro atoms. The van der Waals surface area contributed by atoms with Crippen LogP contribution in [0.4, 0.5) is 5.69 Å². The number of hydrogen-bond acceptors (Lipinski definition) is 4. The minimum atomic E-state index is -0.882. The van der Waals surface area contributed by atoms with Crippen LogP contribution in [0.15, 0.2) is 40.8 Å². The van der Waals surface area contributed by atoms with Gasteiger partial charge in [-0.2, -0.15) is 5.10 Å². The van der Waals surface area contributed by atoms with Gasteiger partial charge in [0.1, 0.15) is 0 Å². The van der Waals surface area contributed by atoms with Gasteiger partial charge in [0.25, 0.3) is 0 Å². The lowest BCUT2D eigenvalue weighted by Gasteiger charge is -2.05. The second kappa shape index (κ2) is 7.40. The lowest BCUT2D eigenvalue weighted by atomic mass is 10.3. The number of amides is 2. The van der Waals surface area contributed by atoms with Crippen molar-refractivity contribution in [1.82, 2.24) is 5.43 Å². The van der Waals surface area contributed by atoms with Gasteiger partial charge in [0, 0.05) is 20.6 Å². The summed E-state index contributed by atoms with van der Waals surface area (Å²) in [6.45, 7) is 1.74. The van der Waals surface area contributed by atoms with Crippen molar-refractivity contribution in [3.05, 3.63) is 50.6 Å². The molecule has 0 unspecified atom stereocenters. The van der Waals surface area contributed by atoms with Crippen molar-refractivity contribution < 1.29 is 9.59 Å². The number of hydrazone groups is 1. The number of nitrogens with zero attached hydrogens (tertiary/aromatic N) is 1. The Labute approximate surface area is 140 Å². The summed E-state index contributed by atoms with van der Waals surface area (Å²) in [6.07, 6.45) is 0. The molecule has 0 aliphatic carbocycles. The predicted octanol–water partition coefficient (Wildman–Crippen LogP) is 3.53. The molecule has 22 heavy (non-hydrogen) atoms. The van der Waals surface area contributed by atoms with E-state index in [4.69, 9.17) is 23.2 Å². The number of carbonyl (C=O) groups excluding carboxylic acids is 2. The fourth-order valence-corrected chi connectivity index (χ4v) is 2.74. The first kappa shape index (κ1) is 16.5. The predicted molar refractivity (Wildman–Crippen MR) is 89.8 cm³/mol. The van der Waals surface area contributed by atoms with Crippen LogP contribution in [0.25, 0.3) is 0 Å². The quantitative estimate of drug-likeness (QED) is 0.502. The lowest BCUT2D eigenvalue weighted by molar-refractivity contribution is -0.136. The minimum Gasteiger partial charge on any atom is -0.318 e. The Balaban J connectivity index is 1.98. The zero-order valence-electron chi connectivity index (χ0n) is 11.4. The van der Waals surface area contributed by atoms with E-state index in [1.807, 2.05) is 17.5 Å². The highest BCUT2D eigenvalue weighted by Gasteiger charge is 2.14. The van der Waals surface area contributed by atoms with Crippen LogP contribution >= 0.6 is 34.5 Å². The maximum Gasteiger partial charge on any atom is 0.329 e. The van der Waals surface area contributed by atoms with E-state index in [-0.39, 0.29) is 0 Å². The van der Waals surface area contributed by atoms with Crippen LogP contribution in [0.1, 0.15) is 11.8 Å². The monoisotopic (exact) mass is 355 g/mol. The van der Waals surface area contributed by atoms with Gasteiger partial charge in [-0.25, -0.2) is 5.43 Å². The van der Waals surface area contributed by atoms with Crippen molar-refractivity contribution in [2.45, 2.75) is 6.92 Å². The number of nitrogens with one attached hydrogen (secondary N) is 2. The molecule has 0 atom stereocenters. The van der Waals surface area contributed by atoms with Crippen LogP contribution in [0.2, 0.25) is 10.0 Å². The highest BCUT2D eigenvalue weighted by Crippen LogP contribution is 2.22. The Hall–Kier alpha value is -1.89. The first-order valence-corrected chi connectivity index (χ1v) is 7.75. The molecule has 2 amide bonds. The molecule has 0 bridgehead atoms. The van der Waals surface area contributed by atoms with Gasteiger partial charge in [0.05, 0.1) is 5.71 Å². The van der Waals surface area contributed by atoms with E-state index >= 15 is 0 Å². The summed E-state index contributed by atoms with van der Waals surface area (Å²) in [6, 6.07) is 8.23. The summed E-state index contributed by atoms with van der Waals surface area (Å²) in [4.78, 5) is 24.4. The van der Waals surface area contributed by atoms with E-state index in [1.54, 1.807) is 6.92 Å². The third-order valence-corrected chi connectivity index (χ3v) is 3.94. The molecule has 1 aromatic heterocycles. The summed E-state index contributed by atoms with van der Waals surface area (Å²) in [7, 11) is 0. The van der Waals surface area contributed by atoms with Gasteiger partial charge in [0.2, 0.25) is 0 Å². The van der Waals surface area contributed by atoms with E-state index in [0.717, 1.165) is 4.88 Å². The fraction of sp³-hybridized carbons (Fsp3) is 0.0714. The summed E-state index contributed by atoms with van der Waals surface area (Å²) in [5, 5.41) is 8.88. The zero-order chi connectivity index (χ0) is 16.1. The average molecular weight is 356 g/mol. The number of benzene rings is 1. The second-order valence-electron chi connectivity index (χ2n) is 4.23. The standard InChI is InChI=1S/C14H11Cl2N3O2S/c1-8(12-3-2-4-22-12)18-19-14(21)13(20)17-11-6-9(15)5-10(16)7-11/h2-7H,1H3,(H,17,20)(H,19,21). The third-order valence-electron chi connectivity index (χ3n) is 2.53. The molecule has 0 aliphatic heterocycles. The normalized spacial score (nSPS) is 11.1. The van der Waals surface area contributed by atoms with Gasteiger partial charge in [0.15, 0.2) is 0 Å². The largest absolute Gasteiger partial charge is 0.329 e. The molecule has 5 nitrogen and oxygen atoms in total. The van der Waals surface area contributed by atoms with Crippen molar-refractivity contribution in [2.75, 3.05) is 5.32 Å². The zero-order valence-corrected chi connectivity index (χ0v) is 13.7. The number of rotatable bonds is 3. The Bertz CT molecular complexity index is 709. The maximum atomic E-state index is 11.8. The fourth-order valence-electron chi connectivity index (χ4n) is 1.54. The molecule has 0 saturated heterocycles. The van der Waals surface area contributed by atoms with Crippen LogP contribution in [-0.4, -0.2) is 17.5 Å². The van der Waals surface area contributed by atoms with E-state index in [1.165, 1.54) is 29.5 Å². The number of thiophene rings is 1. The van der Waals surface area contributed by atoms with Gasteiger partial charge in [-0.1, -0.05) is 29.3 Å². The smallest absolute Gasteiger partial charge is 0.318 e. The lowest BCUT2D eigenvalue weighted by Crippen LogP contribution is -2.32. The molecule has 114 valence electrons. The molecule has 2 N–H and O–H groups in total. The summed E-state index contributed by atoms with van der Waals surface area (Å²) in [5.74, 6) is -1.74. The van der Waals surface area contributed by atoms with E-state index < -0.39 is 11.8 Å². The molecule has 2 aromatic rings. The van der Waals surface area contributed by atoms with Crippen LogP contribution in [0.5, 0.6) is 0 Å². The number of hydrogen-bond donors (Lipinski definition) is 2. The molecule has 2 rings (SSSR count). The Morgan fingerprint density at radius 1 is 1.14 bits per heavy atom.